The van der Waals surface area contributed by atoms with E-state index in [0.717, 1.165) is 31.6 Å². The van der Waals surface area contributed by atoms with Gasteiger partial charge in [0.05, 0.1) is 5.69 Å². The van der Waals surface area contributed by atoms with E-state index in [9.17, 15) is 9.90 Å². The maximum atomic E-state index is 12.9. The van der Waals surface area contributed by atoms with Gasteiger partial charge in [0.15, 0.2) is 0 Å². The number of nitrogens with zero attached hydrogens (tertiary/aromatic N) is 2. The summed E-state index contributed by atoms with van der Waals surface area (Å²) in [5.41, 5.74) is 3.52. The lowest BCUT2D eigenvalue weighted by Crippen LogP contribution is -2.61. The van der Waals surface area contributed by atoms with Gasteiger partial charge in [-0.2, -0.15) is 0 Å². The van der Waals surface area contributed by atoms with Crippen molar-refractivity contribution < 1.29 is 9.90 Å². The Hall–Kier alpha value is -1.81. The van der Waals surface area contributed by atoms with Crippen molar-refractivity contribution in [2.45, 2.75) is 57.0 Å². The SMILES string of the molecule is CC=C1[C@@H]2CCN3CC[C@]4(c5cccc(O)c5N(C(=O)CC)[C@@H]4C2)[C@@H]13. The second-order valence-electron chi connectivity index (χ2n) is 8.05. The molecular weight excluding hydrogens is 312 g/mol. The molecule has 0 radical (unpaired) electrons. The predicted molar refractivity (Wildman–Crippen MR) is 97.8 cm³/mol. The Morgan fingerprint density at radius 1 is 1.40 bits per heavy atom. The lowest BCUT2D eigenvalue weighted by atomic mass is 9.58. The quantitative estimate of drug-likeness (QED) is 0.800. The average Bonchev–Trinajstić information content (AvgIpc) is 3.17. The van der Waals surface area contributed by atoms with Gasteiger partial charge in [-0.1, -0.05) is 30.7 Å². The fraction of sp³-hybridized carbons (Fsp3) is 0.571. The van der Waals surface area contributed by atoms with Crippen molar-refractivity contribution in [2.75, 3.05) is 18.0 Å². The van der Waals surface area contributed by atoms with E-state index >= 15 is 0 Å². The molecule has 1 N–H and O–H groups in total. The number of para-hydroxylation sites is 1. The number of benzene rings is 1. The monoisotopic (exact) mass is 338 g/mol. The third kappa shape index (κ3) is 1.69. The van der Waals surface area contributed by atoms with E-state index in [0.29, 0.717) is 18.4 Å². The van der Waals surface area contributed by atoms with Crippen LogP contribution in [0.5, 0.6) is 5.75 Å². The van der Waals surface area contributed by atoms with Crippen LogP contribution in [0.25, 0.3) is 0 Å². The minimum Gasteiger partial charge on any atom is -0.506 e. The fourth-order valence-corrected chi connectivity index (χ4v) is 6.44. The summed E-state index contributed by atoms with van der Waals surface area (Å²) in [4.78, 5) is 17.5. The minimum atomic E-state index is -0.0440. The van der Waals surface area contributed by atoms with Crippen molar-refractivity contribution in [3.63, 3.8) is 0 Å². The number of piperidine rings is 1. The lowest BCUT2D eigenvalue weighted by Gasteiger charge is -2.53. The molecule has 2 saturated heterocycles. The lowest BCUT2D eigenvalue weighted by molar-refractivity contribution is -0.119. The molecule has 4 nitrogen and oxygen atoms in total. The van der Waals surface area contributed by atoms with E-state index in [4.69, 9.17) is 0 Å². The van der Waals surface area contributed by atoms with Crippen LogP contribution in [-0.4, -0.2) is 41.1 Å². The van der Waals surface area contributed by atoms with Gasteiger partial charge in [-0.05, 0) is 56.8 Å². The van der Waals surface area contributed by atoms with E-state index in [1.165, 1.54) is 12.0 Å². The van der Waals surface area contributed by atoms with E-state index in [1.54, 1.807) is 11.6 Å². The zero-order valence-corrected chi connectivity index (χ0v) is 15.0. The van der Waals surface area contributed by atoms with Crippen molar-refractivity contribution in [3.05, 3.63) is 35.4 Å². The smallest absolute Gasteiger partial charge is 0.227 e. The second-order valence-corrected chi connectivity index (χ2v) is 8.05. The number of anilines is 1. The summed E-state index contributed by atoms with van der Waals surface area (Å²) in [7, 11) is 0. The van der Waals surface area contributed by atoms with Gasteiger partial charge in [-0.3, -0.25) is 9.69 Å². The summed E-state index contributed by atoms with van der Waals surface area (Å²) in [5, 5.41) is 10.7. The van der Waals surface area contributed by atoms with Crippen LogP contribution >= 0.6 is 0 Å². The highest BCUT2D eigenvalue weighted by atomic mass is 16.3. The molecular formula is C21H26N2O2. The number of carbonyl (C=O) groups is 1. The van der Waals surface area contributed by atoms with Crippen LogP contribution < -0.4 is 4.90 Å². The van der Waals surface area contributed by atoms with E-state index in [-0.39, 0.29) is 23.1 Å². The normalized spacial score (nSPS) is 37.3. The molecule has 1 spiro atoms. The summed E-state index contributed by atoms with van der Waals surface area (Å²) in [6.07, 6.45) is 6.12. The molecule has 132 valence electrons. The van der Waals surface area contributed by atoms with E-state index < -0.39 is 0 Å². The topological polar surface area (TPSA) is 43.8 Å². The summed E-state index contributed by atoms with van der Waals surface area (Å²) in [6.45, 7) is 6.35. The van der Waals surface area contributed by atoms with Crippen LogP contribution in [0.15, 0.2) is 29.8 Å². The third-order valence-corrected chi connectivity index (χ3v) is 7.29. The first kappa shape index (κ1) is 15.4. The molecule has 1 aromatic carbocycles. The molecule has 0 aromatic heterocycles. The molecule has 1 amide bonds. The fourth-order valence-electron chi connectivity index (χ4n) is 6.44. The van der Waals surface area contributed by atoms with Crippen LogP contribution in [0.2, 0.25) is 0 Å². The largest absolute Gasteiger partial charge is 0.506 e. The standard InChI is InChI=1S/C21H26N2O2/c1-3-14-13-8-10-22-11-9-21(20(14)22)15-6-5-7-16(24)19(15)23(17(21)12-13)18(25)4-2/h3,5-7,13,17,20,24H,4,8-12H2,1-2H3/t13-,17-,20-,21-/m1/s1. The number of allylic oxidation sites excluding steroid dienone is 1. The Bertz CT molecular complexity index is 786. The molecule has 3 heterocycles. The Labute approximate surface area is 149 Å². The molecule has 2 bridgehead atoms. The number of hydrogen-bond donors (Lipinski definition) is 1. The van der Waals surface area contributed by atoms with E-state index in [1.807, 2.05) is 17.9 Å². The third-order valence-electron chi connectivity index (χ3n) is 7.29. The summed E-state index contributed by atoms with van der Waals surface area (Å²) >= 11 is 0. The zero-order valence-electron chi connectivity index (χ0n) is 15.0. The second kappa shape index (κ2) is 5.10. The number of fused-ring (bicyclic) bond motifs is 2. The van der Waals surface area contributed by atoms with Gasteiger partial charge < -0.3 is 10.0 Å². The van der Waals surface area contributed by atoms with Crippen LogP contribution in [0.3, 0.4) is 0 Å². The number of amides is 1. The van der Waals surface area contributed by atoms with E-state index in [2.05, 4.69) is 24.0 Å². The van der Waals surface area contributed by atoms with Crippen molar-refractivity contribution in [3.8, 4) is 5.75 Å². The first-order chi connectivity index (χ1) is 12.1. The zero-order chi connectivity index (χ0) is 17.3. The Morgan fingerprint density at radius 2 is 2.24 bits per heavy atom. The molecule has 1 aromatic rings. The van der Waals surface area contributed by atoms with Gasteiger partial charge in [0, 0.05) is 23.9 Å². The molecule has 4 heteroatoms. The highest BCUT2D eigenvalue weighted by molar-refractivity contribution is 5.99. The first-order valence-corrected chi connectivity index (χ1v) is 9.68. The van der Waals surface area contributed by atoms with Crippen molar-refractivity contribution in [2.24, 2.45) is 5.92 Å². The Balaban J connectivity index is 1.79. The molecule has 0 unspecified atom stereocenters. The maximum absolute atomic E-state index is 12.9. The number of phenols is 1. The summed E-state index contributed by atoms with van der Waals surface area (Å²) < 4.78 is 0. The Kier molecular flexibility index (Phi) is 3.15. The van der Waals surface area contributed by atoms with Crippen LogP contribution in [0.4, 0.5) is 5.69 Å². The highest BCUT2D eigenvalue weighted by Crippen LogP contribution is 2.63. The summed E-state index contributed by atoms with van der Waals surface area (Å²) in [6, 6.07) is 6.43. The molecule has 5 rings (SSSR count). The number of aromatic hydroxyl groups is 1. The van der Waals surface area contributed by atoms with Crippen LogP contribution in [0.1, 0.15) is 45.1 Å². The minimum absolute atomic E-state index is 0.0440. The predicted octanol–water partition coefficient (Wildman–Crippen LogP) is 3.20. The van der Waals surface area contributed by atoms with Crippen molar-refractivity contribution in [1.82, 2.24) is 4.90 Å². The van der Waals surface area contributed by atoms with Crippen molar-refractivity contribution >= 4 is 11.6 Å². The number of phenolic OH excluding ortho intramolecular Hbond substituents is 1. The van der Waals surface area contributed by atoms with Gasteiger partial charge in [-0.15, -0.1) is 0 Å². The van der Waals surface area contributed by atoms with Gasteiger partial charge in [0.25, 0.3) is 0 Å². The van der Waals surface area contributed by atoms with Gasteiger partial charge >= 0.3 is 0 Å². The number of hydrogen-bond acceptors (Lipinski definition) is 3. The van der Waals surface area contributed by atoms with Gasteiger partial charge in [0.2, 0.25) is 5.91 Å². The van der Waals surface area contributed by atoms with Crippen molar-refractivity contribution in [1.29, 1.82) is 0 Å². The highest BCUT2D eigenvalue weighted by Gasteiger charge is 2.66. The van der Waals surface area contributed by atoms with Crippen LogP contribution in [0, 0.1) is 5.92 Å². The summed E-state index contributed by atoms with van der Waals surface area (Å²) in [5.74, 6) is 0.981. The van der Waals surface area contributed by atoms with Crippen LogP contribution in [-0.2, 0) is 10.2 Å². The molecule has 3 aliphatic heterocycles. The number of carbonyl (C=O) groups excluding carboxylic acids is 1. The molecule has 25 heavy (non-hydrogen) atoms. The molecule has 1 aliphatic carbocycles. The molecule has 1 saturated carbocycles. The molecule has 4 atom stereocenters. The molecule has 4 aliphatic rings. The average molecular weight is 338 g/mol. The number of rotatable bonds is 1. The first-order valence-electron chi connectivity index (χ1n) is 9.68. The molecule has 3 fully saturated rings. The maximum Gasteiger partial charge on any atom is 0.227 e. The van der Waals surface area contributed by atoms with Gasteiger partial charge in [0.1, 0.15) is 5.75 Å². The van der Waals surface area contributed by atoms with Gasteiger partial charge in [-0.25, -0.2) is 0 Å². The Morgan fingerprint density at radius 3 is 3.00 bits per heavy atom.